The van der Waals surface area contributed by atoms with Crippen LogP contribution in [-0.2, 0) is 23.9 Å². The Kier molecular flexibility index (Phi) is 11.5. The van der Waals surface area contributed by atoms with Crippen molar-refractivity contribution in [3.8, 4) is 0 Å². The molecule has 0 saturated carbocycles. The van der Waals surface area contributed by atoms with Crippen molar-refractivity contribution in [3.63, 3.8) is 0 Å². The number of carbonyl (C=O) groups excluding carboxylic acids is 3. The molecule has 0 saturated heterocycles. The number of hydrogen-bond donors (Lipinski definition) is 3. The number of unbranched alkanes of at least 4 members (excludes halogenated alkanes) is 2. The van der Waals surface area contributed by atoms with Gasteiger partial charge in [0.1, 0.15) is 0 Å². The lowest BCUT2D eigenvalue weighted by Crippen LogP contribution is -2.33. The molecule has 0 fully saturated rings. The van der Waals surface area contributed by atoms with Crippen LogP contribution in [0.2, 0.25) is 0 Å². The summed E-state index contributed by atoms with van der Waals surface area (Å²) < 4.78 is 10.7. The van der Waals surface area contributed by atoms with Crippen LogP contribution in [0.4, 0.5) is 0 Å². The number of aliphatic hydroxyl groups is 2. The molecular weight excluding hydrogens is 356 g/mol. The summed E-state index contributed by atoms with van der Waals surface area (Å²) in [4.78, 5) is 35.7. The van der Waals surface area contributed by atoms with Crippen molar-refractivity contribution in [1.82, 2.24) is 10.2 Å². The number of amides is 3. The number of imide groups is 1. The standard InChI is InChI=1S/C18H30N2O7/c1-2-14(12-21)27-18(13-22)26-11-9-19-15(23)6-4-3-5-10-20-16(24)7-8-17(20)25/h7-8,14,18,21-22H,2-6,9-13H2,1H3,(H,19,23). The second-order valence-corrected chi connectivity index (χ2v) is 6.15. The van der Waals surface area contributed by atoms with Crippen molar-refractivity contribution in [3.05, 3.63) is 12.2 Å². The third kappa shape index (κ3) is 9.09. The molecule has 0 radical (unpaired) electrons. The molecule has 0 aliphatic carbocycles. The maximum atomic E-state index is 11.7. The van der Waals surface area contributed by atoms with Crippen LogP contribution in [0.1, 0.15) is 39.0 Å². The summed E-state index contributed by atoms with van der Waals surface area (Å²) in [6.45, 7) is 2.22. The zero-order chi connectivity index (χ0) is 20.1. The van der Waals surface area contributed by atoms with Gasteiger partial charge in [-0.3, -0.25) is 19.3 Å². The van der Waals surface area contributed by atoms with Crippen LogP contribution in [0.15, 0.2) is 12.2 Å². The molecule has 1 heterocycles. The van der Waals surface area contributed by atoms with E-state index in [2.05, 4.69) is 5.32 Å². The lowest BCUT2D eigenvalue weighted by molar-refractivity contribution is -0.194. The summed E-state index contributed by atoms with van der Waals surface area (Å²) in [5.41, 5.74) is 0. The predicted molar refractivity (Wildman–Crippen MR) is 96.4 cm³/mol. The second kappa shape index (κ2) is 13.4. The summed E-state index contributed by atoms with van der Waals surface area (Å²) in [7, 11) is 0. The minimum atomic E-state index is -0.829. The van der Waals surface area contributed by atoms with Crippen LogP contribution in [-0.4, -0.2) is 78.1 Å². The molecule has 3 N–H and O–H groups in total. The number of nitrogens with one attached hydrogen (secondary N) is 1. The summed E-state index contributed by atoms with van der Waals surface area (Å²) in [6, 6.07) is 0. The fraction of sp³-hybridized carbons (Fsp3) is 0.722. The highest BCUT2D eigenvalue weighted by Gasteiger charge is 2.22. The van der Waals surface area contributed by atoms with Crippen molar-refractivity contribution in [2.24, 2.45) is 0 Å². The molecule has 2 atom stereocenters. The van der Waals surface area contributed by atoms with Crippen molar-refractivity contribution in [1.29, 1.82) is 0 Å². The van der Waals surface area contributed by atoms with Gasteiger partial charge in [0.2, 0.25) is 5.91 Å². The number of ether oxygens (including phenoxy) is 2. The first-order chi connectivity index (χ1) is 13.0. The maximum absolute atomic E-state index is 11.7. The molecule has 1 aliphatic rings. The van der Waals surface area contributed by atoms with Gasteiger partial charge < -0.3 is 25.0 Å². The van der Waals surface area contributed by atoms with Crippen LogP contribution in [0.25, 0.3) is 0 Å². The average Bonchev–Trinajstić information content (AvgIpc) is 2.99. The molecule has 9 heteroatoms. The van der Waals surface area contributed by atoms with Gasteiger partial charge in [-0.05, 0) is 19.3 Å². The van der Waals surface area contributed by atoms with Gasteiger partial charge in [-0.15, -0.1) is 0 Å². The Morgan fingerprint density at radius 2 is 1.85 bits per heavy atom. The predicted octanol–water partition coefficient (Wildman–Crippen LogP) is -0.289. The number of carbonyl (C=O) groups is 3. The number of rotatable bonds is 15. The van der Waals surface area contributed by atoms with Crippen LogP contribution in [0.5, 0.6) is 0 Å². The maximum Gasteiger partial charge on any atom is 0.253 e. The van der Waals surface area contributed by atoms with E-state index in [1.807, 2.05) is 6.92 Å². The van der Waals surface area contributed by atoms with Gasteiger partial charge >= 0.3 is 0 Å². The van der Waals surface area contributed by atoms with Gasteiger partial charge in [0.25, 0.3) is 11.8 Å². The van der Waals surface area contributed by atoms with Gasteiger partial charge in [0, 0.05) is 31.7 Å². The van der Waals surface area contributed by atoms with Crippen molar-refractivity contribution in [2.75, 3.05) is 32.9 Å². The average molecular weight is 386 g/mol. The van der Waals surface area contributed by atoms with Crippen LogP contribution >= 0.6 is 0 Å². The summed E-state index contributed by atoms with van der Waals surface area (Å²) >= 11 is 0. The van der Waals surface area contributed by atoms with Gasteiger partial charge in [-0.1, -0.05) is 13.3 Å². The zero-order valence-corrected chi connectivity index (χ0v) is 15.8. The highest BCUT2D eigenvalue weighted by molar-refractivity contribution is 6.12. The Hall–Kier alpha value is -1.81. The minimum absolute atomic E-state index is 0.114. The van der Waals surface area contributed by atoms with E-state index >= 15 is 0 Å². The van der Waals surface area contributed by atoms with Gasteiger partial charge in [-0.2, -0.15) is 0 Å². The molecule has 0 aromatic carbocycles. The van der Waals surface area contributed by atoms with Gasteiger partial charge in [0.15, 0.2) is 6.29 Å². The Morgan fingerprint density at radius 1 is 1.15 bits per heavy atom. The Labute approximate surface area is 159 Å². The van der Waals surface area contributed by atoms with Crippen LogP contribution < -0.4 is 5.32 Å². The molecule has 0 aromatic rings. The SMILES string of the molecule is CCC(CO)OC(CO)OCCNC(=O)CCCCCN1C(=O)C=CC1=O. The van der Waals surface area contributed by atoms with E-state index in [1.165, 1.54) is 17.1 Å². The first-order valence-corrected chi connectivity index (χ1v) is 9.30. The minimum Gasteiger partial charge on any atom is -0.394 e. The van der Waals surface area contributed by atoms with E-state index in [0.29, 0.717) is 32.2 Å². The quantitative estimate of drug-likeness (QED) is 0.201. The topological polar surface area (TPSA) is 125 Å². The van der Waals surface area contributed by atoms with Gasteiger partial charge in [-0.25, -0.2) is 0 Å². The van der Waals surface area contributed by atoms with E-state index in [4.69, 9.17) is 14.6 Å². The molecule has 0 spiro atoms. The summed E-state index contributed by atoms with van der Waals surface area (Å²) in [5, 5.41) is 21.0. The Balaban J connectivity index is 2.03. The third-order valence-electron chi connectivity index (χ3n) is 4.07. The molecule has 0 aromatic heterocycles. The Morgan fingerprint density at radius 3 is 2.44 bits per heavy atom. The lowest BCUT2D eigenvalue weighted by Gasteiger charge is -2.21. The molecule has 3 amide bonds. The fourth-order valence-corrected chi connectivity index (χ4v) is 2.47. The molecule has 1 aliphatic heterocycles. The molecule has 9 nitrogen and oxygen atoms in total. The number of hydrogen-bond acceptors (Lipinski definition) is 7. The Bertz CT molecular complexity index is 488. The monoisotopic (exact) mass is 386 g/mol. The molecule has 27 heavy (non-hydrogen) atoms. The van der Waals surface area contributed by atoms with E-state index in [9.17, 15) is 19.5 Å². The first kappa shape index (κ1) is 23.2. The van der Waals surface area contributed by atoms with Crippen molar-refractivity contribution >= 4 is 17.7 Å². The molecular formula is C18H30N2O7. The largest absolute Gasteiger partial charge is 0.394 e. The highest BCUT2D eigenvalue weighted by atomic mass is 16.7. The van der Waals surface area contributed by atoms with E-state index in [-0.39, 0.29) is 44.1 Å². The number of nitrogens with zero attached hydrogens (tertiary/aromatic N) is 1. The summed E-state index contributed by atoms with van der Waals surface area (Å²) in [6.07, 6.45) is 4.31. The second-order valence-electron chi connectivity index (χ2n) is 6.15. The highest BCUT2D eigenvalue weighted by Crippen LogP contribution is 2.07. The van der Waals surface area contributed by atoms with Crippen LogP contribution in [0.3, 0.4) is 0 Å². The van der Waals surface area contributed by atoms with E-state index < -0.39 is 12.4 Å². The smallest absolute Gasteiger partial charge is 0.253 e. The van der Waals surface area contributed by atoms with Crippen molar-refractivity contribution < 1.29 is 34.1 Å². The van der Waals surface area contributed by atoms with Gasteiger partial charge in [0.05, 0.1) is 25.9 Å². The molecule has 154 valence electrons. The number of aliphatic hydroxyl groups excluding tert-OH is 2. The fourth-order valence-electron chi connectivity index (χ4n) is 2.47. The van der Waals surface area contributed by atoms with E-state index in [0.717, 1.165) is 6.42 Å². The van der Waals surface area contributed by atoms with Crippen molar-refractivity contribution in [2.45, 2.75) is 51.4 Å². The van der Waals surface area contributed by atoms with E-state index in [1.54, 1.807) is 0 Å². The van der Waals surface area contributed by atoms with Crippen LogP contribution in [0, 0.1) is 0 Å². The first-order valence-electron chi connectivity index (χ1n) is 9.30. The molecule has 1 rings (SSSR count). The normalized spacial score (nSPS) is 16.0. The summed E-state index contributed by atoms with van der Waals surface area (Å²) in [5.74, 6) is -0.684. The molecule has 0 bridgehead atoms. The third-order valence-corrected chi connectivity index (χ3v) is 4.07. The molecule has 2 unspecified atom stereocenters. The zero-order valence-electron chi connectivity index (χ0n) is 15.8. The lowest BCUT2D eigenvalue weighted by atomic mass is 10.2.